The Bertz CT molecular complexity index is 606. The first-order chi connectivity index (χ1) is 10.1. The molecule has 1 aliphatic rings. The molecule has 1 aliphatic heterocycles. The molecule has 110 valence electrons. The number of benzene rings is 2. The quantitative estimate of drug-likeness (QED) is 0.910. The van der Waals surface area contributed by atoms with Gasteiger partial charge in [-0.05, 0) is 29.7 Å². The van der Waals surface area contributed by atoms with Crippen molar-refractivity contribution < 1.29 is 0 Å². The van der Waals surface area contributed by atoms with Gasteiger partial charge in [0.25, 0.3) is 0 Å². The van der Waals surface area contributed by atoms with Crippen LogP contribution in [0.15, 0.2) is 42.5 Å². The van der Waals surface area contributed by atoms with Gasteiger partial charge in [0.2, 0.25) is 0 Å². The van der Waals surface area contributed by atoms with Crippen molar-refractivity contribution in [2.24, 2.45) is 0 Å². The van der Waals surface area contributed by atoms with Gasteiger partial charge in [-0.1, -0.05) is 55.8 Å². The molecular formula is C19H24N2. The molecule has 3 rings (SSSR count). The second-order valence-electron chi connectivity index (χ2n) is 6.29. The summed E-state index contributed by atoms with van der Waals surface area (Å²) in [4.78, 5) is 2.49. The minimum Gasteiger partial charge on any atom is -0.363 e. The van der Waals surface area contributed by atoms with Crippen LogP contribution in [0.5, 0.6) is 0 Å². The molecule has 0 unspecified atom stereocenters. The Balaban J connectivity index is 1.86. The third kappa shape index (κ3) is 3.11. The van der Waals surface area contributed by atoms with Crippen molar-refractivity contribution in [2.45, 2.75) is 46.4 Å². The van der Waals surface area contributed by atoms with Crippen LogP contribution in [0.4, 0.5) is 5.69 Å². The first kappa shape index (κ1) is 14.2. The molecule has 0 radical (unpaired) electrons. The molecule has 21 heavy (non-hydrogen) atoms. The summed E-state index contributed by atoms with van der Waals surface area (Å²) in [7, 11) is 0. The Hall–Kier alpha value is -1.80. The Morgan fingerprint density at radius 1 is 1.05 bits per heavy atom. The highest BCUT2D eigenvalue weighted by molar-refractivity contribution is 5.58. The van der Waals surface area contributed by atoms with Crippen LogP contribution >= 0.6 is 0 Å². The lowest BCUT2D eigenvalue weighted by atomic mass is 10.1. The Morgan fingerprint density at radius 2 is 1.71 bits per heavy atom. The van der Waals surface area contributed by atoms with E-state index < -0.39 is 0 Å². The number of aryl methyl sites for hydroxylation is 1. The zero-order chi connectivity index (χ0) is 14.8. The number of hydrogen-bond donors (Lipinski definition) is 1. The smallest absolute Gasteiger partial charge is 0.0436 e. The minimum atomic E-state index is 0.508. The second-order valence-corrected chi connectivity index (χ2v) is 6.29. The molecule has 0 atom stereocenters. The van der Waals surface area contributed by atoms with Crippen LogP contribution in [0.25, 0.3) is 0 Å². The van der Waals surface area contributed by atoms with Gasteiger partial charge in [0, 0.05) is 31.4 Å². The second kappa shape index (κ2) is 5.90. The van der Waals surface area contributed by atoms with Crippen molar-refractivity contribution in [2.75, 3.05) is 4.90 Å². The summed E-state index contributed by atoms with van der Waals surface area (Å²) in [5, 5.41) is 3.55. The predicted molar refractivity (Wildman–Crippen MR) is 89.5 cm³/mol. The first-order valence-corrected chi connectivity index (χ1v) is 7.78. The lowest BCUT2D eigenvalue weighted by molar-refractivity contribution is 0.587. The summed E-state index contributed by atoms with van der Waals surface area (Å²) in [6.45, 7) is 9.53. The molecule has 0 amide bonds. The molecule has 0 aromatic heterocycles. The molecule has 2 aromatic carbocycles. The van der Waals surface area contributed by atoms with E-state index in [9.17, 15) is 0 Å². The molecule has 0 aliphatic carbocycles. The summed E-state index contributed by atoms with van der Waals surface area (Å²) in [6.07, 6.45) is 0. The minimum absolute atomic E-state index is 0.508. The van der Waals surface area contributed by atoms with E-state index in [1.807, 2.05) is 0 Å². The average molecular weight is 280 g/mol. The van der Waals surface area contributed by atoms with Gasteiger partial charge in [-0.3, -0.25) is 0 Å². The normalized spacial score (nSPS) is 13.8. The van der Waals surface area contributed by atoms with E-state index in [0.717, 1.165) is 19.6 Å². The van der Waals surface area contributed by atoms with Crippen LogP contribution in [-0.4, -0.2) is 6.04 Å². The van der Waals surface area contributed by atoms with Gasteiger partial charge in [-0.2, -0.15) is 0 Å². The number of nitrogens with zero attached hydrogens (tertiary/aromatic N) is 1. The lowest BCUT2D eigenvalue weighted by Gasteiger charge is -2.23. The van der Waals surface area contributed by atoms with Gasteiger partial charge in [-0.25, -0.2) is 0 Å². The summed E-state index contributed by atoms with van der Waals surface area (Å²) in [6, 6.07) is 16.1. The fraction of sp³-hybridized carbons (Fsp3) is 0.368. The summed E-state index contributed by atoms with van der Waals surface area (Å²) in [5.74, 6) is 0. The van der Waals surface area contributed by atoms with Crippen molar-refractivity contribution in [1.82, 2.24) is 5.32 Å². The van der Waals surface area contributed by atoms with E-state index in [1.165, 1.54) is 27.9 Å². The van der Waals surface area contributed by atoms with Crippen molar-refractivity contribution in [1.29, 1.82) is 0 Å². The highest BCUT2D eigenvalue weighted by Crippen LogP contribution is 2.31. The molecule has 0 saturated heterocycles. The number of hydrogen-bond acceptors (Lipinski definition) is 2. The van der Waals surface area contributed by atoms with Crippen molar-refractivity contribution in [3.63, 3.8) is 0 Å². The Labute approximate surface area is 127 Å². The number of anilines is 1. The highest BCUT2D eigenvalue weighted by Gasteiger charge is 2.20. The monoisotopic (exact) mass is 280 g/mol. The third-order valence-corrected chi connectivity index (χ3v) is 4.12. The van der Waals surface area contributed by atoms with Crippen LogP contribution < -0.4 is 10.2 Å². The summed E-state index contributed by atoms with van der Waals surface area (Å²) in [5.41, 5.74) is 7.01. The Morgan fingerprint density at radius 3 is 2.33 bits per heavy atom. The van der Waals surface area contributed by atoms with Gasteiger partial charge in [-0.15, -0.1) is 0 Å². The largest absolute Gasteiger partial charge is 0.363 e. The molecular weight excluding hydrogens is 256 g/mol. The standard InChI is InChI=1S/C19H24N2/c1-14(2)20-11-18-10-15(3)8-9-19(18)21-12-16-6-4-5-7-17(16)13-21/h4-10,14,20H,11-13H2,1-3H3. The molecule has 2 aromatic rings. The summed E-state index contributed by atoms with van der Waals surface area (Å²) < 4.78 is 0. The lowest BCUT2D eigenvalue weighted by Crippen LogP contribution is -2.24. The SMILES string of the molecule is Cc1ccc(N2Cc3ccccc3C2)c(CNC(C)C)c1. The maximum absolute atomic E-state index is 3.55. The van der Waals surface area contributed by atoms with Crippen molar-refractivity contribution in [3.8, 4) is 0 Å². The van der Waals surface area contributed by atoms with E-state index in [2.05, 4.69) is 73.5 Å². The highest BCUT2D eigenvalue weighted by atomic mass is 15.1. The summed E-state index contributed by atoms with van der Waals surface area (Å²) >= 11 is 0. The van der Waals surface area contributed by atoms with Crippen LogP contribution in [-0.2, 0) is 19.6 Å². The van der Waals surface area contributed by atoms with E-state index in [0.29, 0.717) is 6.04 Å². The van der Waals surface area contributed by atoms with E-state index >= 15 is 0 Å². The Kier molecular flexibility index (Phi) is 3.98. The molecule has 1 N–H and O–H groups in total. The van der Waals surface area contributed by atoms with Crippen LogP contribution in [0.3, 0.4) is 0 Å². The van der Waals surface area contributed by atoms with Gasteiger partial charge in [0.15, 0.2) is 0 Å². The van der Waals surface area contributed by atoms with Crippen LogP contribution in [0, 0.1) is 6.92 Å². The average Bonchev–Trinajstić information content (AvgIpc) is 2.88. The zero-order valence-corrected chi connectivity index (χ0v) is 13.2. The molecule has 0 fully saturated rings. The van der Waals surface area contributed by atoms with Crippen molar-refractivity contribution >= 4 is 5.69 Å². The van der Waals surface area contributed by atoms with Crippen molar-refractivity contribution in [3.05, 3.63) is 64.7 Å². The van der Waals surface area contributed by atoms with Gasteiger partial charge in [0.05, 0.1) is 0 Å². The van der Waals surface area contributed by atoms with E-state index in [4.69, 9.17) is 0 Å². The fourth-order valence-corrected chi connectivity index (χ4v) is 2.98. The van der Waals surface area contributed by atoms with Gasteiger partial charge in [0.1, 0.15) is 0 Å². The van der Waals surface area contributed by atoms with Crippen LogP contribution in [0.1, 0.15) is 36.1 Å². The fourth-order valence-electron chi connectivity index (χ4n) is 2.98. The molecule has 0 saturated carbocycles. The maximum atomic E-state index is 3.55. The molecule has 1 heterocycles. The topological polar surface area (TPSA) is 15.3 Å². The van der Waals surface area contributed by atoms with E-state index in [-0.39, 0.29) is 0 Å². The number of fused-ring (bicyclic) bond motifs is 1. The third-order valence-electron chi connectivity index (χ3n) is 4.12. The maximum Gasteiger partial charge on any atom is 0.0436 e. The number of nitrogens with one attached hydrogen (secondary N) is 1. The van der Waals surface area contributed by atoms with E-state index in [1.54, 1.807) is 0 Å². The molecule has 2 heteroatoms. The predicted octanol–water partition coefficient (Wildman–Crippen LogP) is 4.01. The van der Waals surface area contributed by atoms with Crippen LogP contribution in [0.2, 0.25) is 0 Å². The molecule has 0 spiro atoms. The number of rotatable bonds is 4. The molecule has 2 nitrogen and oxygen atoms in total. The van der Waals surface area contributed by atoms with Gasteiger partial charge >= 0.3 is 0 Å². The van der Waals surface area contributed by atoms with Gasteiger partial charge < -0.3 is 10.2 Å². The first-order valence-electron chi connectivity index (χ1n) is 7.78. The zero-order valence-electron chi connectivity index (χ0n) is 13.2. The molecule has 0 bridgehead atoms.